The van der Waals surface area contributed by atoms with Crippen molar-refractivity contribution in [1.29, 1.82) is 0 Å². The molecule has 63 heavy (non-hydrogen) atoms. The molecule has 13 heteroatoms. The highest BCUT2D eigenvalue weighted by Crippen LogP contribution is 2.36. The van der Waals surface area contributed by atoms with Gasteiger partial charge >= 0.3 is 0 Å². The quantitative estimate of drug-likeness (QED) is 0.151. The van der Waals surface area contributed by atoms with Gasteiger partial charge in [-0.05, 0) is 82.3 Å². The van der Waals surface area contributed by atoms with Crippen molar-refractivity contribution in [2.24, 2.45) is 0 Å². The van der Waals surface area contributed by atoms with E-state index in [1.54, 1.807) is 36.4 Å². The van der Waals surface area contributed by atoms with Gasteiger partial charge in [-0.15, -0.1) is 0 Å². The SMILES string of the molecule is C=C1CCC(N2C(=O)c3cccc(OCCc4ccc5ccccc5c4)c3C2=O)C(=O)N1.O=C1CCC(N2C(=O)c3cccc(OCc4ccc5ccccc5c4)c3C2=O)C(=O)N1. The summed E-state index contributed by atoms with van der Waals surface area (Å²) in [5.74, 6) is -2.84. The topological polar surface area (TPSA) is 168 Å². The number of nitrogens with one attached hydrogen (secondary N) is 2. The summed E-state index contributed by atoms with van der Waals surface area (Å²) in [6, 6.07) is 36.4. The van der Waals surface area contributed by atoms with Crippen LogP contribution in [-0.4, -0.2) is 69.8 Å². The molecule has 6 aromatic rings. The Kier molecular flexibility index (Phi) is 10.8. The molecule has 13 nitrogen and oxygen atoms in total. The highest BCUT2D eigenvalue weighted by Gasteiger charge is 2.47. The lowest BCUT2D eigenvalue weighted by molar-refractivity contribution is -0.136. The molecule has 2 saturated heterocycles. The van der Waals surface area contributed by atoms with Gasteiger partial charge in [0.15, 0.2) is 0 Å². The third-order valence-electron chi connectivity index (χ3n) is 11.6. The minimum absolute atomic E-state index is 0.0785. The Balaban J connectivity index is 0.000000160. The molecule has 7 amide bonds. The van der Waals surface area contributed by atoms with Crippen LogP contribution in [0, 0.1) is 0 Å². The summed E-state index contributed by atoms with van der Waals surface area (Å²) in [5.41, 5.74) is 3.50. The van der Waals surface area contributed by atoms with Crippen LogP contribution in [0.2, 0.25) is 0 Å². The average molecular weight is 841 g/mol. The maximum atomic E-state index is 13.2. The normalized spacial score (nSPS) is 18.2. The van der Waals surface area contributed by atoms with Gasteiger partial charge < -0.3 is 14.8 Å². The summed E-state index contributed by atoms with van der Waals surface area (Å²) in [6.45, 7) is 4.34. The van der Waals surface area contributed by atoms with Crippen molar-refractivity contribution >= 4 is 62.9 Å². The zero-order valence-electron chi connectivity index (χ0n) is 33.9. The molecule has 0 aliphatic carbocycles. The summed E-state index contributed by atoms with van der Waals surface area (Å²) in [7, 11) is 0. The zero-order chi connectivity index (χ0) is 43.8. The van der Waals surface area contributed by atoms with Crippen molar-refractivity contribution in [2.75, 3.05) is 6.61 Å². The van der Waals surface area contributed by atoms with Crippen LogP contribution in [0.4, 0.5) is 0 Å². The Morgan fingerprint density at radius 3 is 1.60 bits per heavy atom. The fourth-order valence-corrected chi connectivity index (χ4v) is 8.45. The molecular formula is C50H40N4O9. The fourth-order valence-electron chi connectivity index (χ4n) is 8.45. The Hall–Kier alpha value is -7.93. The monoisotopic (exact) mass is 840 g/mol. The number of hydrogen-bond acceptors (Lipinski definition) is 9. The number of rotatable bonds is 9. The van der Waals surface area contributed by atoms with Crippen molar-refractivity contribution in [3.8, 4) is 11.5 Å². The second kappa shape index (κ2) is 16.8. The lowest BCUT2D eigenvalue weighted by Gasteiger charge is -2.29. The number of amides is 7. The van der Waals surface area contributed by atoms with Crippen molar-refractivity contribution in [1.82, 2.24) is 20.4 Å². The molecule has 0 bridgehead atoms. The zero-order valence-corrected chi connectivity index (χ0v) is 33.9. The molecule has 0 radical (unpaired) electrons. The second-order valence-corrected chi connectivity index (χ2v) is 15.7. The highest BCUT2D eigenvalue weighted by atomic mass is 16.5. The van der Waals surface area contributed by atoms with Crippen LogP contribution >= 0.6 is 0 Å². The first kappa shape index (κ1) is 40.5. The summed E-state index contributed by atoms with van der Waals surface area (Å²) in [5, 5.41) is 9.38. The van der Waals surface area contributed by atoms with Gasteiger partial charge in [0.2, 0.25) is 17.7 Å². The van der Waals surface area contributed by atoms with E-state index in [9.17, 15) is 33.6 Å². The number of carbonyl (C=O) groups is 7. The van der Waals surface area contributed by atoms with Crippen molar-refractivity contribution in [3.63, 3.8) is 0 Å². The molecule has 6 aromatic carbocycles. The minimum Gasteiger partial charge on any atom is -0.492 e. The van der Waals surface area contributed by atoms with Crippen LogP contribution in [0.15, 0.2) is 134 Å². The average Bonchev–Trinajstić information content (AvgIpc) is 3.70. The van der Waals surface area contributed by atoms with Crippen LogP contribution in [0.3, 0.4) is 0 Å². The molecule has 2 atom stereocenters. The minimum atomic E-state index is -1.00. The van der Waals surface area contributed by atoms with Crippen molar-refractivity contribution in [3.05, 3.63) is 167 Å². The van der Waals surface area contributed by atoms with E-state index in [4.69, 9.17) is 9.47 Å². The highest BCUT2D eigenvalue weighted by molar-refractivity contribution is 6.25. The third-order valence-corrected chi connectivity index (χ3v) is 11.6. The van der Waals surface area contributed by atoms with E-state index in [1.165, 1.54) is 5.39 Å². The first-order chi connectivity index (χ1) is 30.5. The van der Waals surface area contributed by atoms with E-state index in [1.807, 2.05) is 54.6 Å². The number of benzene rings is 6. The first-order valence-corrected chi connectivity index (χ1v) is 20.6. The largest absolute Gasteiger partial charge is 0.492 e. The number of ether oxygens (including phenoxy) is 2. The van der Waals surface area contributed by atoms with Gasteiger partial charge in [0.25, 0.3) is 23.6 Å². The molecule has 4 aliphatic heterocycles. The Morgan fingerprint density at radius 1 is 0.524 bits per heavy atom. The Bertz CT molecular complexity index is 2940. The molecule has 2 fully saturated rings. The second-order valence-electron chi connectivity index (χ2n) is 15.7. The Labute approximate surface area is 361 Å². The molecule has 314 valence electrons. The predicted octanol–water partition coefficient (Wildman–Crippen LogP) is 6.67. The molecule has 0 saturated carbocycles. The van der Waals surface area contributed by atoms with Crippen LogP contribution in [0.1, 0.15) is 78.2 Å². The standard InChI is InChI=1S/C26H22N2O4.C24H18N2O5/c1-16-9-12-21(24(29)27-16)28-25(30)20-7-4-8-22(23(20)26(28)31)32-14-13-17-10-11-18-5-2-3-6-19(18)15-17;27-20-11-10-18(22(28)25-20)26-23(29)17-6-3-7-19(21(17)24(26)30)31-13-14-8-9-15-4-1-2-5-16(15)12-14/h2-8,10-11,15,21H,1,9,12-14H2,(H,27,29);1-9,12,18H,10-11,13H2,(H,25,27,28). The van der Waals surface area contributed by atoms with Gasteiger partial charge in [0, 0.05) is 18.5 Å². The van der Waals surface area contributed by atoms with E-state index in [2.05, 4.69) is 47.5 Å². The smallest absolute Gasteiger partial charge is 0.266 e. The number of imide groups is 3. The molecule has 0 aromatic heterocycles. The first-order valence-electron chi connectivity index (χ1n) is 20.6. The number of allylic oxidation sites excluding steroid dienone is 1. The van der Waals surface area contributed by atoms with E-state index in [0.29, 0.717) is 43.1 Å². The van der Waals surface area contributed by atoms with Crippen molar-refractivity contribution in [2.45, 2.75) is 50.8 Å². The number of piperidine rings is 2. The fraction of sp³-hybridized carbons (Fsp3) is 0.180. The maximum Gasteiger partial charge on any atom is 0.266 e. The van der Waals surface area contributed by atoms with Gasteiger partial charge in [0.05, 0.1) is 28.9 Å². The van der Waals surface area contributed by atoms with Crippen LogP contribution < -0.4 is 20.1 Å². The Morgan fingerprint density at radius 2 is 1.03 bits per heavy atom. The van der Waals surface area contributed by atoms with Gasteiger partial charge in [0.1, 0.15) is 30.2 Å². The van der Waals surface area contributed by atoms with Crippen LogP contribution in [0.5, 0.6) is 11.5 Å². The van der Waals surface area contributed by atoms with Crippen LogP contribution in [-0.2, 0) is 27.4 Å². The van der Waals surface area contributed by atoms with Crippen LogP contribution in [0.25, 0.3) is 21.5 Å². The third kappa shape index (κ3) is 7.80. The molecule has 2 N–H and O–H groups in total. The van der Waals surface area contributed by atoms with Crippen molar-refractivity contribution < 1.29 is 43.0 Å². The number of hydrogen-bond donors (Lipinski definition) is 2. The summed E-state index contributed by atoms with van der Waals surface area (Å²) < 4.78 is 11.9. The lowest BCUT2D eigenvalue weighted by atomic mass is 10.0. The molecular weight excluding hydrogens is 801 g/mol. The van der Waals surface area contributed by atoms with Gasteiger partial charge in [-0.25, -0.2) is 0 Å². The lowest BCUT2D eigenvalue weighted by Crippen LogP contribution is -2.54. The van der Waals surface area contributed by atoms with E-state index in [0.717, 1.165) is 37.1 Å². The predicted molar refractivity (Wildman–Crippen MR) is 232 cm³/mol. The molecule has 4 heterocycles. The van der Waals surface area contributed by atoms with Gasteiger partial charge in [-0.2, -0.15) is 0 Å². The van der Waals surface area contributed by atoms with E-state index in [-0.39, 0.29) is 47.6 Å². The van der Waals surface area contributed by atoms with Gasteiger partial charge in [-0.3, -0.25) is 48.7 Å². The summed E-state index contributed by atoms with van der Waals surface area (Å²) in [4.78, 5) is 90.1. The van der Waals surface area contributed by atoms with E-state index >= 15 is 0 Å². The van der Waals surface area contributed by atoms with Gasteiger partial charge in [-0.1, -0.05) is 97.6 Å². The number of nitrogens with zero attached hydrogens (tertiary/aromatic N) is 2. The molecule has 10 rings (SSSR count). The number of carbonyl (C=O) groups excluding carboxylic acids is 7. The summed E-state index contributed by atoms with van der Waals surface area (Å²) >= 11 is 0. The molecule has 2 unspecified atom stereocenters. The molecule has 0 spiro atoms. The summed E-state index contributed by atoms with van der Waals surface area (Å²) in [6.07, 6.45) is 1.75. The molecule has 4 aliphatic rings. The maximum absolute atomic E-state index is 13.2. The van der Waals surface area contributed by atoms with E-state index < -0.39 is 47.5 Å². The number of fused-ring (bicyclic) bond motifs is 4.